The van der Waals surface area contributed by atoms with E-state index in [0.717, 1.165) is 24.8 Å². The molecule has 0 fully saturated rings. The van der Waals surface area contributed by atoms with E-state index in [1.165, 1.54) is 0 Å². The Hall–Kier alpha value is -1.55. The number of hydrogen-bond donors (Lipinski definition) is 1. The zero-order valence-electron chi connectivity index (χ0n) is 10.1. The first-order chi connectivity index (χ1) is 8.22. The summed E-state index contributed by atoms with van der Waals surface area (Å²) in [4.78, 5) is 11.6. The maximum Gasteiger partial charge on any atom is 0.419 e. The quantitative estimate of drug-likeness (QED) is 0.861. The van der Waals surface area contributed by atoms with Crippen LogP contribution in [0, 0.1) is 0 Å². The van der Waals surface area contributed by atoms with E-state index in [1.54, 1.807) is 4.57 Å². The summed E-state index contributed by atoms with van der Waals surface area (Å²) >= 11 is 0. The van der Waals surface area contributed by atoms with Gasteiger partial charge in [-0.2, -0.15) is 0 Å². The lowest BCUT2D eigenvalue weighted by Crippen LogP contribution is -2.20. The molecule has 2 N–H and O–H groups in total. The van der Waals surface area contributed by atoms with Gasteiger partial charge in [0.15, 0.2) is 5.58 Å². The molecule has 0 saturated heterocycles. The fraction of sp³-hybridized carbons (Fsp3) is 0.462. The number of nitrogens with two attached hydrogens (primary N) is 1. The molecule has 1 atom stereocenters. The number of aromatic nitrogens is 1. The van der Waals surface area contributed by atoms with Crippen molar-refractivity contribution in [2.24, 2.45) is 5.73 Å². The van der Waals surface area contributed by atoms with Gasteiger partial charge in [0.2, 0.25) is 0 Å². The van der Waals surface area contributed by atoms with Crippen molar-refractivity contribution in [1.82, 2.24) is 4.57 Å². The number of aryl methyl sites for hydroxylation is 1. The smallest absolute Gasteiger partial charge is 0.408 e. The van der Waals surface area contributed by atoms with E-state index in [0.29, 0.717) is 12.1 Å². The lowest BCUT2D eigenvalue weighted by molar-refractivity contribution is 0.475. The number of hydrogen-bond acceptors (Lipinski definition) is 3. The van der Waals surface area contributed by atoms with Crippen LogP contribution in [0.5, 0.6) is 0 Å². The molecule has 4 heteroatoms. The van der Waals surface area contributed by atoms with Crippen LogP contribution in [0.2, 0.25) is 0 Å². The number of para-hydroxylation sites is 2. The molecule has 0 amide bonds. The second-order valence-electron chi connectivity index (χ2n) is 4.30. The van der Waals surface area contributed by atoms with Crippen LogP contribution in [0.3, 0.4) is 0 Å². The first kappa shape index (κ1) is 11.9. The molecular weight excluding hydrogens is 216 g/mol. The van der Waals surface area contributed by atoms with Gasteiger partial charge in [0.05, 0.1) is 5.52 Å². The molecule has 0 saturated carbocycles. The monoisotopic (exact) mass is 234 g/mol. The molecule has 0 spiro atoms. The molecule has 0 bridgehead atoms. The number of nitrogens with zero attached hydrogens (tertiary/aromatic N) is 1. The Balaban J connectivity index is 2.13. The topological polar surface area (TPSA) is 61.2 Å². The van der Waals surface area contributed by atoms with Gasteiger partial charge in [-0.15, -0.1) is 0 Å². The molecule has 92 valence electrons. The van der Waals surface area contributed by atoms with Crippen molar-refractivity contribution in [1.29, 1.82) is 0 Å². The van der Waals surface area contributed by atoms with Gasteiger partial charge in [0.1, 0.15) is 0 Å². The van der Waals surface area contributed by atoms with Gasteiger partial charge >= 0.3 is 5.76 Å². The van der Waals surface area contributed by atoms with E-state index in [1.807, 2.05) is 24.3 Å². The summed E-state index contributed by atoms with van der Waals surface area (Å²) in [5.41, 5.74) is 7.37. The summed E-state index contributed by atoms with van der Waals surface area (Å²) < 4.78 is 6.84. The SMILES string of the molecule is CCC(N)CCCn1c(=O)oc2ccccc21. The van der Waals surface area contributed by atoms with E-state index in [9.17, 15) is 4.79 Å². The van der Waals surface area contributed by atoms with E-state index in [-0.39, 0.29) is 11.8 Å². The van der Waals surface area contributed by atoms with Crippen molar-refractivity contribution in [2.45, 2.75) is 38.8 Å². The van der Waals surface area contributed by atoms with Crippen LogP contribution in [0.4, 0.5) is 0 Å². The van der Waals surface area contributed by atoms with Gasteiger partial charge in [0.25, 0.3) is 0 Å². The number of fused-ring (bicyclic) bond motifs is 1. The molecule has 1 heterocycles. The van der Waals surface area contributed by atoms with Crippen molar-refractivity contribution < 1.29 is 4.42 Å². The third-order valence-electron chi connectivity index (χ3n) is 3.05. The van der Waals surface area contributed by atoms with Crippen molar-refractivity contribution in [3.8, 4) is 0 Å². The summed E-state index contributed by atoms with van der Waals surface area (Å²) in [6.45, 7) is 2.74. The van der Waals surface area contributed by atoms with E-state index >= 15 is 0 Å². The Morgan fingerprint density at radius 3 is 2.94 bits per heavy atom. The Morgan fingerprint density at radius 1 is 1.41 bits per heavy atom. The van der Waals surface area contributed by atoms with Gasteiger partial charge in [-0.1, -0.05) is 19.1 Å². The second kappa shape index (κ2) is 5.19. The normalized spacial score (nSPS) is 13.1. The summed E-state index contributed by atoms with van der Waals surface area (Å²) in [6, 6.07) is 7.71. The molecule has 0 aliphatic rings. The molecule has 2 aromatic rings. The van der Waals surface area contributed by atoms with E-state index < -0.39 is 0 Å². The highest BCUT2D eigenvalue weighted by Gasteiger charge is 2.08. The minimum atomic E-state index is -0.281. The van der Waals surface area contributed by atoms with Crippen LogP contribution in [0.1, 0.15) is 26.2 Å². The Kier molecular flexibility index (Phi) is 3.64. The predicted molar refractivity (Wildman–Crippen MR) is 68.0 cm³/mol. The number of rotatable bonds is 5. The summed E-state index contributed by atoms with van der Waals surface area (Å²) in [7, 11) is 0. The molecule has 1 aromatic heterocycles. The first-order valence-electron chi connectivity index (χ1n) is 6.06. The molecular formula is C13H18N2O2. The first-order valence-corrected chi connectivity index (χ1v) is 6.06. The van der Waals surface area contributed by atoms with Gasteiger partial charge < -0.3 is 10.2 Å². The van der Waals surface area contributed by atoms with Crippen molar-refractivity contribution in [3.63, 3.8) is 0 Å². The Morgan fingerprint density at radius 2 is 2.18 bits per heavy atom. The van der Waals surface area contributed by atoms with Crippen molar-refractivity contribution in [3.05, 3.63) is 34.8 Å². The third kappa shape index (κ3) is 2.58. The second-order valence-corrected chi connectivity index (χ2v) is 4.30. The Labute approximate surface area is 100 Å². The lowest BCUT2D eigenvalue weighted by Gasteiger charge is -2.08. The standard InChI is InChI=1S/C13H18N2O2/c1-2-10(14)6-5-9-15-11-7-3-4-8-12(11)17-13(15)16/h3-4,7-8,10H,2,5-6,9,14H2,1H3. The highest BCUT2D eigenvalue weighted by Crippen LogP contribution is 2.12. The maximum atomic E-state index is 11.6. The van der Waals surface area contributed by atoms with E-state index in [2.05, 4.69) is 6.92 Å². The van der Waals surface area contributed by atoms with Gasteiger partial charge in [-0.3, -0.25) is 4.57 Å². The Bertz CT molecular complexity index is 542. The third-order valence-corrected chi connectivity index (χ3v) is 3.05. The minimum Gasteiger partial charge on any atom is -0.408 e. The predicted octanol–water partition coefficient (Wildman–Crippen LogP) is 2.11. The average molecular weight is 234 g/mol. The van der Waals surface area contributed by atoms with Crippen LogP contribution in [0.25, 0.3) is 11.1 Å². The zero-order chi connectivity index (χ0) is 12.3. The summed E-state index contributed by atoms with van der Waals surface area (Å²) in [5, 5.41) is 0. The number of benzene rings is 1. The minimum absolute atomic E-state index is 0.226. The average Bonchev–Trinajstić information content (AvgIpc) is 2.66. The van der Waals surface area contributed by atoms with Crippen molar-refractivity contribution in [2.75, 3.05) is 0 Å². The van der Waals surface area contributed by atoms with Crippen LogP contribution in [-0.4, -0.2) is 10.6 Å². The highest BCUT2D eigenvalue weighted by molar-refractivity contribution is 5.72. The fourth-order valence-electron chi connectivity index (χ4n) is 1.94. The van der Waals surface area contributed by atoms with Gasteiger partial charge in [-0.05, 0) is 31.4 Å². The van der Waals surface area contributed by atoms with Crippen molar-refractivity contribution >= 4 is 11.1 Å². The van der Waals surface area contributed by atoms with Crippen LogP contribution in [0.15, 0.2) is 33.5 Å². The molecule has 2 rings (SSSR count). The van der Waals surface area contributed by atoms with Crippen LogP contribution in [-0.2, 0) is 6.54 Å². The van der Waals surface area contributed by atoms with Gasteiger partial charge in [-0.25, -0.2) is 4.79 Å². The molecule has 0 aliphatic carbocycles. The highest BCUT2D eigenvalue weighted by atomic mass is 16.4. The largest absolute Gasteiger partial charge is 0.419 e. The maximum absolute atomic E-state index is 11.6. The van der Waals surface area contributed by atoms with Crippen LogP contribution < -0.4 is 11.5 Å². The molecule has 17 heavy (non-hydrogen) atoms. The fourth-order valence-corrected chi connectivity index (χ4v) is 1.94. The number of oxazole rings is 1. The summed E-state index contributed by atoms with van der Waals surface area (Å²) in [5.74, 6) is -0.281. The molecule has 0 aliphatic heterocycles. The molecule has 1 aromatic carbocycles. The van der Waals surface area contributed by atoms with Gasteiger partial charge in [0, 0.05) is 12.6 Å². The molecule has 0 radical (unpaired) electrons. The molecule has 4 nitrogen and oxygen atoms in total. The van der Waals surface area contributed by atoms with E-state index in [4.69, 9.17) is 10.2 Å². The zero-order valence-corrected chi connectivity index (χ0v) is 10.1. The molecule has 1 unspecified atom stereocenters. The van der Waals surface area contributed by atoms with Crippen LogP contribution >= 0.6 is 0 Å². The summed E-state index contributed by atoms with van der Waals surface area (Å²) in [6.07, 6.45) is 2.81. The lowest BCUT2D eigenvalue weighted by atomic mass is 10.1.